The van der Waals surface area contributed by atoms with Crippen LogP contribution >= 0.6 is 27.5 Å². The van der Waals surface area contributed by atoms with E-state index in [9.17, 15) is 0 Å². The summed E-state index contributed by atoms with van der Waals surface area (Å²) >= 11 is 10.0. The molecule has 2 atom stereocenters. The van der Waals surface area contributed by atoms with Crippen molar-refractivity contribution in [3.63, 3.8) is 0 Å². The molecule has 0 spiro atoms. The van der Waals surface area contributed by atoms with Crippen molar-refractivity contribution in [2.24, 2.45) is 5.92 Å². The second-order valence-corrected chi connectivity index (χ2v) is 6.83. The van der Waals surface area contributed by atoms with Gasteiger partial charge in [0.25, 0.3) is 0 Å². The van der Waals surface area contributed by atoms with E-state index in [-0.39, 0.29) is 0 Å². The van der Waals surface area contributed by atoms with Gasteiger partial charge >= 0.3 is 0 Å². The molecule has 1 saturated carbocycles. The molecule has 2 aliphatic rings. The van der Waals surface area contributed by atoms with E-state index < -0.39 is 0 Å². The van der Waals surface area contributed by atoms with Crippen LogP contribution in [0.2, 0.25) is 5.02 Å². The van der Waals surface area contributed by atoms with Crippen LogP contribution < -0.4 is 4.90 Å². The van der Waals surface area contributed by atoms with Crippen molar-refractivity contribution >= 4 is 33.2 Å². The Kier molecular flexibility index (Phi) is 4.38. The molecule has 0 unspecified atom stereocenters. The highest BCUT2D eigenvalue weighted by Crippen LogP contribution is 2.40. The lowest BCUT2D eigenvalue weighted by Crippen LogP contribution is -2.47. The van der Waals surface area contributed by atoms with E-state index in [2.05, 4.69) is 39.0 Å². The Morgan fingerprint density at radius 2 is 1.95 bits per heavy atom. The summed E-state index contributed by atoms with van der Waals surface area (Å²) < 4.78 is 0. The van der Waals surface area contributed by atoms with E-state index >= 15 is 0 Å². The van der Waals surface area contributed by atoms with Crippen molar-refractivity contribution in [2.45, 2.75) is 49.9 Å². The van der Waals surface area contributed by atoms with Gasteiger partial charge in [-0.3, -0.25) is 0 Å². The first-order valence-electron chi connectivity index (χ1n) is 7.40. The predicted molar refractivity (Wildman–Crippen MR) is 86.4 cm³/mol. The summed E-state index contributed by atoms with van der Waals surface area (Å²) in [5, 5.41) is 1.79. The smallest absolute Gasteiger partial charge is 0.0642 e. The predicted octanol–water partition coefficient (Wildman–Crippen LogP) is 5.39. The first kappa shape index (κ1) is 13.8. The monoisotopic (exact) mass is 341 g/mol. The number of piperidine rings is 1. The average Bonchev–Trinajstić information content (AvgIpc) is 2.46. The standard InChI is InChI=1S/C16H21BrClN/c17-11-12-7-8-16(14(18)10-12)19-9-3-5-13-4-1-2-6-15(13)19/h7-8,10,13,15H,1-6,9,11H2/t13-,15-/m1/s1. The van der Waals surface area contributed by atoms with E-state index in [1.807, 2.05) is 0 Å². The van der Waals surface area contributed by atoms with E-state index in [0.29, 0.717) is 0 Å². The van der Waals surface area contributed by atoms with Crippen LogP contribution in [0, 0.1) is 5.92 Å². The van der Waals surface area contributed by atoms with Gasteiger partial charge in [-0.1, -0.05) is 46.4 Å². The van der Waals surface area contributed by atoms with Gasteiger partial charge in [0.1, 0.15) is 0 Å². The Morgan fingerprint density at radius 3 is 2.74 bits per heavy atom. The Hall–Kier alpha value is -0.210. The van der Waals surface area contributed by atoms with Gasteiger partial charge in [-0.15, -0.1) is 0 Å². The zero-order chi connectivity index (χ0) is 13.2. The normalized spacial score (nSPS) is 27.2. The zero-order valence-corrected chi connectivity index (χ0v) is 13.6. The van der Waals surface area contributed by atoms with Crippen LogP contribution in [0.15, 0.2) is 18.2 Å². The number of rotatable bonds is 2. The third-order valence-corrected chi connectivity index (χ3v) is 5.67. The lowest BCUT2D eigenvalue weighted by Gasteiger charge is -2.45. The molecular weight excluding hydrogens is 322 g/mol. The fourth-order valence-electron chi connectivity index (χ4n) is 3.79. The van der Waals surface area contributed by atoms with Crippen molar-refractivity contribution in [3.8, 4) is 0 Å². The molecule has 3 heteroatoms. The van der Waals surface area contributed by atoms with E-state index in [4.69, 9.17) is 11.6 Å². The molecule has 0 radical (unpaired) electrons. The topological polar surface area (TPSA) is 3.24 Å². The number of alkyl halides is 1. The number of fused-ring (bicyclic) bond motifs is 1. The van der Waals surface area contributed by atoms with E-state index in [0.717, 1.165) is 22.3 Å². The van der Waals surface area contributed by atoms with Gasteiger partial charge in [-0.25, -0.2) is 0 Å². The highest BCUT2D eigenvalue weighted by atomic mass is 79.9. The van der Waals surface area contributed by atoms with Crippen molar-refractivity contribution < 1.29 is 0 Å². The van der Waals surface area contributed by atoms with Crippen LogP contribution in [-0.4, -0.2) is 12.6 Å². The van der Waals surface area contributed by atoms with Crippen LogP contribution in [0.1, 0.15) is 44.1 Å². The Morgan fingerprint density at radius 1 is 1.16 bits per heavy atom. The number of hydrogen-bond acceptors (Lipinski definition) is 1. The first-order chi connectivity index (χ1) is 9.29. The number of halogens is 2. The van der Waals surface area contributed by atoms with Crippen LogP contribution in [0.4, 0.5) is 5.69 Å². The fraction of sp³-hybridized carbons (Fsp3) is 0.625. The number of anilines is 1. The highest BCUT2D eigenvalue weighted by Gasteiger charge is 2.33. The van der Waals surface area contributed by atoms with Crippen molar-refractivity contribution in [3.05, 3.63) is 28.8 Å². The number of nitrogens with zero attached hydrogens (tertiary/aromatic N) is 1. The van der Waals surface area contributed by atoms with Gasteiger partial charge in [0, 0.05) is 17.9 Å². The van der Waals surface area contributed by atoms with Crippen molar-refractivity contribution in [2.75, 3.05) is 11.4 Å². The molecule has 19 heavy (non-hydrogen) atoms. The molecule has 1 aliphatic carbocycles. The third-order valence-electron chi connectivity index (χ3n) is 4.72. The highest BCUT2D eigenvalue weighted by molar-refractivity contribution is 9.08. The lowest BCUT2D eigenvalue weighted by molar-refractivity contribution is 0.244. The van der Waals surface area contributed by atoms with Crippen LogP contribution in [-0.2, 0) is 5.33 Å². The number of benzene rings is 1. The van der Waals surface area contributed by atoms with Gasteiger partial charge in [0.15, 0.2) is 0 Å². The molecule has 104 valence electrons. The minimum atomic E-state index is 0.731. The Bertz CT molecular complexity index is 446. The minimum Gasteiger partial charge on any atom is -0.367 e. The summed E-state index contributed by atoms with van der Waals surface area (Å²) in [5.41, 5.74) is 2.51. The largest absolute Gasteiger partial charge is 0.367 e. The molecule has 1 saturated heterocycles. The molecule has 1 heterocycles. The van der Waals surface area contributed by atoms with Gasteiger partial charge in [-0.05, 0) is 49.3 Å². The Labute approximate surface area is 129 Å². The summed E-state index contributed by atoms with van der Waals surface area (Å²) in [6, 6.07) is 7.26. The molecule has 0 amide bonds. The van der Waals surface area contributed by atoms with Gasteiger partial charge < -0.3 is 4.90 Å². The van der Waals surface area contributed by atoms with E-state index in [1.165, 1.54) is 56.3 Å². The van der Waals surface area contributed by atoms with E-state index in [1.54, 1.807) is 0 Å². The molecule has 0 N–H and O–H groups in total. The second-order valence-electron chi connectivity index (χ2n) is 5.87. The minimum absolute atomic E-state index is 0.731. The Balaban J connectivity index is 1.87. The second kappa shape index (κ2) is 6.05. The molecule has 3 rings (SSSR count). The quantitative estimate of drug-likeness (QED) is 0.651. The van der Waals surface area contributed by atoms with Gasteiger partial charge in [-0.2, -0.15) is 0 Å². The lowest BCUT2D eigenvalue weighted by atomic mass is 9.78. The summed E-state index contributed by atoms with van der Waals surface area (Å²) in [4.78, 5) is 2.59. The third kappa shape index (κ3) is 2.80. The van der Waals surface area contributed by atoms with Gasteiger partial charge in [0.2, 0.25) is 0 Å². The summed E-state index contributed by atoms with van der Waals surface area (Å²) in [7, 11) is 0. The maximum atomic E-state index is 6.51. The van der Waals surface area contributed by atoms with Crippen LogP contribution in [0.5, 0.6) is 0 Å². The summed E-state index contributed by atoms with van der Waals surface area (Å²) in [6.07, 6.45) is 8.30. The maximum absolute atomic E-state index is 6.51. The molecule has 1 nitrogen and oxygen atoms in total. The van der Waals surface area contributed by atoms with Gasteiger partial charge in [0.05, 0.1) is 10.7 Å². The molecule has 2 fully saturated rings. The summed E-state index contributed by atoms with van der Waals surface area (Å²) in [5.74, 6) is 0.898. The van der Waals surface area contributed by atoms with Crippen LogP contribution in [0.25, 0.3) is 0 Å². The molecule has 1 aromatic rings. The zero-order valence-electron chi connectivity index (χ0n) is 11.2. The molecule has 1 aliphatic heterocycles. The fourth-order valence-corrected chi connectivity index (χ4v) is 4.45. The van der Waals surface area contributed by atoms with Crippen molar-refractivity contribution in [1.29, 1.82) is 0 Å². The average molecular weight is 343 g/mol. The molecule has 0 bridgehead atoms. The van der Waals surface area contributed by atoms with Crippen LogP contribution in [0.3, 0.4) is 0 Å². The molecule has 1 aromatic carbocycles. The SMILES string of the molecule is Clc1cc(CBr)ccc1N1CCC[C@H]2CCCC[C@H]21. The van der Waals surface area contributed by atoms with Crippen molar-refractivity contribution in [1.82, 2.24) is 0 Å². The first-order valence-corrected chi connectivity index (χ1v) is 8.90. The molecule has 0 aromatic heterocycles. The molecular formula is C16H21BrClN. The number of hydrogen-bond donors (Lipinski definition) is 0. The summed E-state index contributed by atoms with van der Waals surface area (Å²) in [6.45, 7) is 1.18. The maximum Gasteiger partial charge on any atom is 0.0642 e.